The molecule has 0 spiro atoms. The molecule has 0 unspecified atom stereocenters. The minimum atomic E-state index is -3.44. The molecule has 0 aromatic heterocycles. The van der Waals surface area contributed by atoms with E-state index < -0.39 is 9.84 Å². The summed E-state index contributed by atoms with van der Waals surface area (Å²) in [5.74, 6) is -0.0244. The van der Waals surface area contributed by atoms with Crippen LogP contribution in [0.1, 0.15) is 36.5 Å². The average Bonchev–Trinajstić information content (AvgIpc) is 2.41. The highest BCUT2D eigenvalue weighted by Crippen LogP contribution is 2.24. The first-order chi connectivity index (χ1) is 9.40. The van der Waals surface area contributed by atoms with Crippen molar-refractivity contribution in [2.75, 3.05) is 19.9 Å². The number of unbranched alkanes of at least 4 members (excludes halogenated alkanes) is 2. The maximum atomic E-state index is 11.9. The largest absolute Gasteiger partial charge is 0.495 e. The Kier molecular flexibility index (Phi) is 6.01. The second kappa shape index (κ2) is 7.28. The Labute approximate surface area is 120 Å². The molecule has 1 aromatic carbocycles. The average molecular weight is 299 g/mol. The Morgan fingerprint density at radius 1 is 1.30 bits per heavy atom. The first-order valence-corrected chi connectivity index (χ1v) is 8.45. The molecule has 112 valence electrons. The van der Waals surface area contributed by atoms with Crippen molar-refractivity contribution in [2.24, 2.45) is 0 Å². The van der Waals surface area contributed by atoms with Crippen LogP contribution < -0.4 is 10.1 Å². The summed E-state index contributed by atoms with van der Waals surface area (Å²) in [6.45, 7) is 2.68. The molecule has 0 fully saturated rings. The minimum Gasteiger partial charge on any atom is -0.495 e. The van der Waals surface area contributed by atoms with Crippen molar-refractivity contribution < 1.29 is 17.9 Å². The molecular formula is C14H21NO4S. The Balaban J connectivity index is 2.89. The highest BCUT2D eigenvalue weighted by molar-refractivity contribution is 7.90. The molecule has 0 atom stereocenters. The maximum absolute atomic E-state index is 11.9. The maximum Gasteiger partial charge on any atom is 0.251 e. The van der Waals surface area contributed by atoms with Crippen molar-refractivity contribution in [1.29, 1.82) is 0 Å². The topological polar surface area (TPSA) is 72.5 Å². The van der Waals surface area contributed by atoms with Gasteiger partial charge in [0.15, 0.2) is 9.84 Å². The van der Waals surface area contributed by atoms with Gasteiger partial charge in [-0.1, -0.05) is 19.8 Å². The second-order valence-corrected chi connectivity index (χ2v) is 6.58. The summed E-state index contributed by atoms with van der Waals surface area (Å²) in [7, 11) is -2.04. The Morgan fingerprint density at radius 3 is 2.55 bits per heavy atom. The number of amides is 1. The van der Waals surface area contributed by atoms with Gasteiger partial charge in [-0.2, -0.15) is 0 Å². The summed E-state index contributed by atoms with van der Waals surface area (Å²) in [5.41, 5.74) is 0.322. The summed E-state index contributed by atoms with van der Waals surface area (Å²) in [6, 6.07) is 4.41. The number of hydrogen-bond donors (Lipinski definition) is 1. The lowest BCUT2D eigenvalue weighted by Crippen LogP contribution is -2.24. The van der Waals surface area contributed by atoms with Gasteiger partial charge in [-0.05, 0) is 24.6 Å². The predicted molar refractivity (Wildman–Crippen MR) is 78.0 cm³/mol. The van der Waals surface area contributed by atoms with Gasteiger partial charge < -0.3 is 10.1 Å². The van der Waals surface area contributed by atoms with Gasteiger partial charge in [0.05, 0.1) is 7.11 Å². The molecule has 0 saturated heterocycles. The van der Waals surface area contributed by atoms with Crippen LogP contribution in [0.4, 0.5) is 0 Å². The van der Waals surface area contributed by atoms with Gasteiger partial charge in [-0.3, -0.25) is 4.79 Å². The molecule has 0 saturated carbocycles. The Morgan fingerprint density at radius 2 is 2.00 bits per heavy atom. The van der Waals surface area contributed by atoms with E-state index in [0.29, 0.717) is 12.1 Å². The van der Waals surface area contributed by atoms with E-state index in [2.05, 4.69) is 12.2 Å². The van der Waals surface area contributed by atoms with Crippen molar-refractivity contribution in [3.05, 3.63) is 23.8 Å². The number of benzene rings is 1. The van der Waals surface area contributed by atoms with Crippen molar-refractivity contribution >= 4 is 15.7 Å². The lowest BCUT2D eigenvalue weighted by Gasteiger charge is -2.09. The molecule has 0 bridgehead atoms. The van der Waals surface area contributed by atoms with Gasteiger partial charge in [0.25, 0.3) is 5.91 Å². The number of ether oxygens (including phenoxy) is 1. The monoisotopic (exact) mass is 299 g/mol. The number of carbonyl (C=O) groups excluding carboxylic acids is 1. The zero-order chi connectivity index (χ0) is 15.2. The molecule has 0 aliphatic carbocycles. The van der Waals surface area contributed by atoms with Crippen LogP contribution >= 0.6 is 0 Å². The van der Waals surface area contributed by atoms with Gasteiger partial charge in [0.2, 0.25) is 0 Å². The molecule has 6 heteroatoms. The van der Waals surface area contributed by atoms with Crippen molar-refractivity contribution in [3.63, 3.8) is 0 Å². The van der Waals surface area contributed by atoms with Crippen LogP contribution in [0.3, 0.4) is 0 Å². The number of rotatable bonds is 7. The van der Waals surface area contributed by atoms with Crippen LogP contribution in [0.25, 0.3) is 0 Å². The minimum absolute atomic E-state index is 0.0289. The third-order valence-electron chi connectivity index (χ3n) is 2.89. The van der Waals surface area contributed by atoms with Crippen LogP contribution in [-0.4, -0.2) is 34.2 Å². The zero-order valence-electron chi connectivity index (χ0n) is 12.1. The van der Waals surface area contributed by atoms with Crippen molar-refractivity contribution in [1.82, 2.24) is 5.32 Å². The molecule has 1 aromatic rings. The lowest BCUT2D eigenvalue weighted by atomic mass is 10.2. The van der Waals surface area contributed by atoms with E-state index in [-0.39, 0.29) is 16.6 Å². The number of hydrogen-bond acceptors (Lipinski definition) is 4. The third kappa shape index (κ3) is 4.52. The fourth-order valence-corrected chi connectivity index (χ4v) is 2.64. The molecule has 1 rings (SSSR count). The number of sulfone groups is 1. The quantitative estimate of drug-likeness (QED) is 0.782. The SMILES string of the molecule is CCCCCNC(=O)c1ccc(OC)c(S(C)(=O)=O)c1. The zero-order valence-corrected chi connectivity index (χ0v) is 12.9. The van der Waals surface area contributed by atoms with Crippen molar-refractivity contribution in [2.45, 2.75) is 31.1 Å². The molecule has 0 aliphatic rings. The van der Waals surface area contributed by atoms with Gasteiger partial charge in [-0.25, -0.2) is 8.42 Å². The standard InChI is InChI=1S/C14H21NO4S/c1-4-5-6-9-15-14(16)11-7-8-12(19-2)13(10-11)20(3,17)18/h7-8,10H,4-6,9H2,1-3H3,(H,15,16). The van der Waals surface area contributed by atoms with E-state index in [1.807, 2.05) is 0 Å². The molecular weight excluding hydrogens is 278 g/mol. The highest BCUT2D eigenvalue weighted by Gasteiger charge is 2.17. The smallest absolute Gasteiger partial charge is 0.251 e. The fourth-order valence-electron chi connectivity index (χ4n) is 1.79. The van der Waals surface area contributed by atoms with E-state index in [4.69, 9.17) is 4.74 Å². The van der Waals surface area contributed by atoms with Crippen LogP contribution in [0.15, 0.2) is 23.1 Å². The van der Waals surface area contributed by atoms with Gasteiger partial charge in [0.1, 0.15) is 10.6 Å². The second-order valence-electron chi connectivity index (χ2n) is 4.60. The molecule has 20 heavy (non-hydrogen) atoms. The summed E-state index contributed by atoms with van der Waals surface area (Å²) in [6.07, 6.45) is 4.14. The van der Waals surface area contributed by atoms with Crippen LogP contribution in [0, 0.1) is 0 Å². The Bertz CT molecular complexity index is 567. The first kappa shape index (κ1) is 16.5. The normalized spacial score (nSPS) is 11.2. The molecule has 1 amide bonds. The summed E-state index contributed by atoms with van der Waals surface area (Å²) >= 11 is 0. The van der Waals surface area contributed by atoms with Gasteiger partial charge in [0, 0.05) is 18.4 Å². The first-order valence-electron chi connectivity index (χ1n) is 6.56. The van der Waals surface area contributed by atoms with E-state index in [1.54, 1.807) is 6.07 Å². The summed E-state index contributed by atoms with van der Waals surface area (Å²) in [4.78, 5) is 12.0. The van der Waals surface area contributed by atoms with Gasteiger partial charge >= 0.3 is 0 Å². The third-order valence-corrected chi connectivity index (χ3v) is 4.01. The van der Waals surface area contributed by atoms with E-state index >= 15 is 0 Å². The number of nitrogens with one attached hydrogen (secondary N) is 1. The van der Waals surface area contributed by atoms with Crippen LogP contribution in [0.5, 0.6) is 5.75 Å². The lowest BCUT2D eigenvalue weighted by molar-refractivity contribution is 0.0952. The number of methoxy groups -OCH3 is 1. The molecule has 0 heterocycles. The van der Waals surface area contributed by atoms with E-state index in [1.165, 1.54) is 19.2 Å². The number of carbonyl (C=O) groups is 1. The highest BCUT2D eigenvalue weighted by atomic mass is 32.2. The van der Waals surface area contributed by atoms with E-state index in [0.717, 1.165) is 25.5 Å². The van der Waals surface area contributed by atoms with E-state index in [9.17, 15) is 13.2 Å². The van der Waals surface area contributed by atoms with Gasteiger partial charge in [-0.15, -0.1) is 0 Å². The fraction of sp³-hybridized carbons (Fsp3) is 0.500. The molecule has 0 aliphatic heterocycles. The van der Waals surface area contributed by atoms with Crippen LogP contribution in [0.2, 0.25) is 0 Å². The van der Waals surface area contributed by atoms with Crippen LogP contribution in [-0.2, 0) is 9.84 Å². The summed E-state index contributed by atoms with van der Waals surface area (Å²) in [5, 5.41) is 2.78. The van der Waals surface area contributed by atoms with Crippen molar-refractivity contribution in [3.8, 4) is 5.75 Å². The Hall–Kier alpha value is -1.56. The summed E-state index contributed by atoms with van der Waals surface area (Å²) < 4.78 is 28.4. The molecule has 1 N–H and O–H groups in total. The molecule has 0 radical (unpaired) electrons. The molecule has 5 nitrogen and oxygen atoms in total. The predicted octanol–water partition coefficient (Wildman–Crippen LogP) is 2.02.